The number of carbonyl (C=O) groups excluding carboxylic acids is 1. The summed E-state index contributed by atoms with van der Waals surface area (Å²) in [5.41, 5.74) is 5.47. The fraction of sp³-hybridized carbons (Fsp3) is 0.111. The van der Waals surface area contributed by atoms with Crippen molar-refractivity contribution < 1.29 is 9.18 Å². The molecule has 0 fully saturated rings. The number of aliphatic imine (C=N–C) groups is 1. The molecule has 0 aliphatic carbocycles. The zero-order valence-corrected chi connectivity index (χ0v) is 8.25. The molecule has 1 aromatic carbocycles. The zero-order chi connectivity index (χ0) is 11.0. The lowest BCUT2D eigenvalue weighted by Gasteiger charge is -2.06. The average molecular weight is 228 g/mol. The van der Waals surface area contributed by atoms with E-state index in [1.165, 1.54) is 12.1 Å². The van der Waals surface area contributed by atoms with Gasteiger partial charge in [-0.25, -0.2) is 9.38 Å². The maximum Gasteiger partial charge on any atom is 0.256 e. The Kier molecular flexibility index (Phi) is 2.32. The van der Waals surface area contributed by atoms with Gasteiger partial charge in [0.1, 0.15) is 5.82 Å². The number of benzene rings is 1. The Hall–Kier alpha value is -1.62. The molecule has 0 spiro atoms. The Balaban J connectivity index is 2.42. The van der Waals surface area contributed by atoms with Crippen LogP contribution in [0.5, 0.6) is 0 Å². The smallest absolute Gasteiger partial charge is 0.256 e. The highest BCUT2D eigenvalue weighted by molar-refractivity contribution is 6.30. The first-order valence-electron chi connectivity index (χ1n) is 4.17. The predicted octanol–water partition coefficient (Wildman–Crippen LogP) is 0.965. The molecule has 1 aliphatic heterocycles. The number of nitrogens with zero attached hydrogens (tertiary/aromatic N) is 1. The van der Waals surface area contributed by atoms with Crippen molar-refractivity contribution in [1.29, 1.82) is 0 Å². The van der Waals surface area contributed by atoms with Gasteiger partial charge in [-0.15, -0.1) is 0 Å². The van der Waals surface area contributed by atoms with E-state index in [9.17, 15) is 9.18 Å². The molecule has 0 radical (unpaired) electrons. The van der Waals surface area contributed by atoms with E-state index in [4.69, 9.17) is 17.3 Å². The van der Waals surface area contributed by atoms with Crippen molar-refractivity contribution in [3.8, 4) is 0 Å². The van der Waals surface area contributed by atoms with Gasteiger partial charge in [0.05, 0.1) is 0 Å². The van der Waals surface area contributed by atoms with E-state index in [2.05, 4.69) is 10.3 Å². The molecule has 1 unspecified atom stereocenters. The van der Waals surface area contributed by atoms with Crippen molar-refractivity contribution >= 4 is 23.5 Å². The number of hydrogen-bond acceptors (Lipinski definition) is 3. The predicted molar refractivity (Wildman–Crippen MR) is 53.9 cm³/mol. The highest BCUT2D eigenvalue weighted by Gasteiger charge is 2.28. The number of nitrogens with two attached hydrogens (primary N) is 1. The van der Waals surface area contributed by atoms with E-state index >= 15 is 0 Å². The van der Waals surface area contributed by atoms with E-state index in [0.717, 1.165) is 6.07 Å². The Morgan fingerprint density at radius 1 is 1.53 bits per heavy atom. The topological polar surface area (TPSA) is 67.5 Å². The molecule has 4 nitrogen and oxygen atoms in total. The fourth-order valence-corrected chi connectivity index (χ4v) is 1.52. The second-order valence-corrected chi connectivity index (χ2v) is 3.51. The van der Waals surface area contributed by atoms with Crippen molar-refractivity contribution in [3.63, 3.8) is 0 Å². The van der Waals surface area contributed by atoms with Crippen molar-refractivity contribution in [3.05, 3.63) is 34.6 Å². The van der Waals surface area contributed by atoms with Crippen LogP contribution < -0.4 is 11.1 Å². The molecule has 0 saturated carbocycles. The number of guanidine groups is 1. The number of carbonyl (C=O) groups is 1. The SMILES string of the molecule is NC1=NC(c2ccc(Cl)cc2F)C(=O)N1. The van der Waals surface area contributed by atoms with Crippen LogP contribution in [0, 0.1) is 5.82 Å². The van der Waals surface area contributed by atoms with Crippen LogP contribution in [0.3, 0.4) is 0 Å². The van der Waals surface area contributed by atoms with Crippen LogP contribution in [0.2, 0.25) is 5.02 Å². The molecule has 1 aliphatic rings. The van der Waals surface area contributed by atoms with Gasteiger partial charge >= 0.3 is 0 Å². The molecule has 3 N–H and O–H groups in total. The van der Waals surface area contributed by atoms with Crippen molar-refractivity contribution in [2.45, 2.75) is 6.04 Å². The largest absolute Gasteiger partial charge is 0.370 e. The normalized spacial score (nSPS) is 20.0. The molecule has 1 amide bonds. The van der Waals surface area contributed by atoms with Gasteiger partial charge in [-0.2, -0.15) is 0 Å². The molecule has 1 atom stereocenters. The molecule has 0 bridgehead atoms. The molecule has 1 aromatic rings. The Morgan fingerprint density at radius 3 is 2.80 bits per heavy atom. The minimum Gasteiger partial charge on any atom is -0.370 e. The van der Waals surface area contributed by atoms with E-state index in [1.807, 2.05) is 0 Å². The van der Waals surface area contributed by atoms with Gasteiger partial charge in [-0.1, -0.05) is 17.7 Å². The quantitative estimate of drug-likeness (QED) is 0.751. The number of hydrogen-bond donors (Lipinski definition) is 2. The Labute approximate surface area is 89.9 Å². The van der Waals surface area contributed by atoms with Gasteiger partial charge in [0.25, 0.3) is 5.91 Å². The first kappa shape index (κ1) is 9.92. The summed E-state index contributed by atoms with van der Waals surface area (Å²) in [4.78, 5) is 15.1. The number of rotatable bonds is 1. The third-order valence-corrected chi connectivity index (χ3v) is 2.26. The summed E-state index contributed by atoms with van der Waals surface area (Å²) in [7, 11) is 0. The first-order valence-corrected chi connectivity index (χ1v) is 4.55. The highest BCUT2D eigenvalue weighted by Crippen LogP contribution is 2.25. The van der Waals surface area contributed by atoms with Crippen LogP contribution in [0.15, 0.2) is 23.2 Å². The lowest BCUT2D eigenvalue weighted by atomic mass is 10.1. The molecular formula is C9H7ClFN3O. The lowest BCUT2D eigenvalue weighted by Crippen LogP contribution is -2.31. The third-order valence-electron chi connectivity index (χ3n) is 2.02. The summed E-state index contributed by atoms with van der Waals surface area (Å²) < 4.78 is 13.4. The molecule has 0 saturated heterocycles. The first-order chi connectivity index (χ1) is 7.08. The number of nitrogens with one attached hydrogen (secondary N) is 1. The minimum atomic E-state index is -0.915. The molecule has 78 valence electrons. The summed E-state index contributed by atoms with van der Waals surface area (Å²) in [6, 6.07) is 3.14. The van der Waals surface area contributed by atoms with Crippen LogP contribution >= 0.6 is 11.6 Å². The number of halogens is 2. The standard InChI is InChI=1S/C9H7ClFN3O/c10-4-1-2-5(6(11)3-4)7-8(15)14-9(12)13-7/h1-3,7H,(H3,12,13,14,15). The van der Waals surface area contributed by atoms with Crippen LogP contribution in [0.1, 0.15) is 11.6 Å². The molecule has 2 rings (SSSR count). The van der Waals surface area contributed by atoms with Gasteiger partial charge in [-0.05, 0) is 12.1 Å². The average Bonchev–Trinajstić information content (AvgIpc) is 2.45. The van der Waals surface area contributed by atoms with Gasteiger partial charge in [0.15, 0.2) is 12.0 Å². The number of amides is 1. The second kappa shape index (κ2) is 3.51. The van der Waals surface area contributed by atoms with Crippen LogP contribution in [-0.4, -0.2) is 11.9 Å². The van der Waals surface area contributed by atoms with Crippen molar-refractivity contribution in [2.75, 3.05) is 0 Å². The summed E-state index contributed by atoms with van der Waals surface area (Å²) in [5, 5.41) is 2.57. The maximum atomic E-state index is 13.4. The fourth-order valence-electron chi connectivity index (χ4n) is 1.36. The Morgan fingerprint density at radius 2 is 2.27 bits per heavy atom. The molecule has 15 heavy (non-hydrogen) atoms. The van der Waals surface area contributed by atoms with E-state index < -0.39 is 17.8 Å². The lowest BCUT2D eigenvalue weighted by molar-refractivity contribution is -0.120. The molecule has 1 heterocycles. The molecular weight excluding hydrogens is 221 g/mol. The Bertz CT molecular complexity index is 461. The summed E-state index contributed by atoms with van der Waals surface area (Å²) >= 11 is 5.59. The molecule has 6 heteroatoms. The van der Waals surface area contributed by atoms with Crippen LogP contribution in [-0.2, 0) is 4.79 Å². The summed E-state index contributed by atoms with van der Waals surface area (Å²) in [5.74, 6) is -1.01. The minimum absolute atomic E-state index is 0.000602. The summed E-state index contributed by atoms with van der Waals surface area (Å²) in [6.07, 6.45) is 0. The van der Waals surface area contributed by atoms with Crippen LogP contribution in [0.25, 0.3) is 0 Å². The van der Waals surface area contributed by atoms with E-state index in [0.29, 0.717) is 0 Å². The second-order valence-electron chi connectivity index (χ2n) is 3.07. The maximum absolute atomic E-state index is 13.4. The van der Waals surface area contributed by atoms with Crippen molar-refractivity contribution in [1.82, 2.24) is 5.32 Å². The monoisotopic (exact) mass is 227 g/mol. The summed E-state index contributed by atoms with van der Waals surface area (Å²) in [6.45, 7) is 0. The van der Waals surface area contributed by atoms with Gasteiger partial charge in [-0.3, -0.25) is 10.1 Å². The molecule has 0 aromatic heterocycles. The van der Waals surface area contributed by atoms with Gasteiger partial charge in [0.2, 0.25) is 0 Å². The zero-order valence-electron chi connectivity index (χ0n) is 7.50. The van der Waals surface area contributed by atoms with Gasteiger partial charge in [0, 0.05) is 10.6 Å². The van der Waals surface area contributed by atoms with Gasteiger partial charge < -0.3 is 5.73 Å². The van der Waals surface area contributed by atoms with E-state index in [-0.39, 0.29) is 16.5 Å². The van der Waals surface area contributed by atoms with E-state index in [1.54, 1.807) is 0 Å². The van der Waals surface area contributed by atoms with Crippen LogP contribution in [0.4, 0.5) is 4.39 Å². The van der Waals surface area contributed by atoms with Crippen molar-refractivity contribution in [2.24, 2.45) is 10.7 Å². The third kappa shape index (κ3) is 1.78. The highest BCUT2D eigenvalue weighted by atomic mass is 35.5.